The summed E-state index contributed by atoms with van der Waals surface area (Å²) in [5.74, 6) is 1.18. The molecule has 28 heavy (non-hydrogen) atoms. The number of benzene rings is 1. The van der Waals surface area contributed by atoms with Crippen molar-refractivity contribution in [3.63, 3.8) is 0 Å². The van der Waals surface area contributed by atoms with E-state index >= 15 is 0 Å². The largest absolute Gasteiger partial charge is 0.478 e. The van der Waals surface area contributed by atoms with Gasteiger partial charge in [-0.25, -0.2) is 9.37 Å². The number of aliphatic imine (C=N–C) groups is 1. The molecule has 3 rings (SSSR count). The SMILES string of the molecule is CCOc1cc(CNC(=NC)N2CC(C)OC(c3ccc(F)cc3)C2)ccn1. The highest BCUT2D eigenvalue weighted by Gasteiger charge is 2.28. The van der Waals surface area contributed by atoms with Gasteiger partial charge >= 0.3 is 0 Å². The van der Waals surface area contributed by atoms with Crippen LogP contribution in [-0.4, -0.2) is 48.7 Å². The molecule has 1 aliphatic heterocycles. The quantitative estimate of drug-likeness (QED) is 0.632. The lowest BCUT2D eigenvalue weighted by Gasteiger charge is -2.38. The van der Waals surface area contributed by atoms with Gasteiger partial charge < -0.3 is 19.7 Å². The Morgan fingerprint density at radius 2 is 2.11 bits per heavy atom. The highest BCUT2D eigenvalue weighted by atomic mass is 19.1. The van der Waals surface area contributed by atoms with Gasteiger partial charge in [-0.05, 0) is 43.2 Å². The zero-order valence-electron chi connectivity index (χ0n) is 16.6. The number of rotatable bonds is 5. The van der Waals surface area contributed by atoms with Gasteiger partial charge in [-0.3, -0.25) is 4.99 Å². The monoisotopic (exact) mass is 386 g/mol. The Balaban J connectivity index is 1.66. The molecule has 7 heteroatoms. The molecule has 0 aliphatic carbocycles. The maximum Gasteiger partial charge on any atom is 0.213 e. The van der Waals surface area contributed by atoms with E-state index in [-0.39, 0.29) is 18.0 Å². The lowest BCUT2D eigenvalue weighted by Crippen LogP contribution is -2.50. The number of hydrogen-bond donors (Lipinski definition) is 1. The lowest BCUT2D eigenvalue weighted by atomic mass is 10.1. The summed E-state index contributed by atoms with van der Waals surface area (Å²) in [5.41, 5.74) is 2.03. The van der Waals surface area contributed by atoms with Crippen LogP contribution in [0.3, 0.4) is 0 Å². The number of halogens is 1. The Kier molecular flexibility index (Phi) is 6.81. The maximum atomic E-state index is 13.2. The minimum atomic E-state index is -0.245. The normalized spacial score (nSPS) is 20.1. The van der Waals surface area contributed by atoms with Gasteiger partial charge in [-0.1, -0.05) is 12.1 Å². The minimum absolute atomic E-state index is 0.0350. The number of guanidine groups is 1. The van der Waals surface area contributed by atoms with E-state index in [0.717, 1.165) is 23.6 Å². The second-order valence-electron chi connectivity index (χ2n) is 6.73. The molecule has 1 fully saturated rings. The molecule has 1 aromatic carbocycles. The third kappa shape index (κ3) is 5.19. The molecule has 0 radical (unpaired) electrons. The van der Waals surface area contributed by atoms with Crippen LogP contribution in [0.1, 0.15) is 31.1 Å². The summed E-state index contributed by atoms with van der Waals surface area (Å²) < 4.78 is 24.8. The first-order valence-electron chi connectivity index (χ1n) is 9.53. The Morgan fingerprint density at radius 3 is 2.82 bits per heavy atom. The lowest BCUT2D eigenvalue weighted by molar-refractivity contribution is -0.0605. The van der Waals surface area contributed by atoms with Crippen LogP contribution in [0.15, 0.2) is 47.6 Å². The molecule has 2 aromatic rings. The van der Waals surface area contributed by atoms with Gasteiger partial charge in [0.25, 0.3) is 0 Å². The number of aromatic nitrogens is 1. The van der Waals surface area contributed by atoms with Crippen LogP contribution < -0.4 is 10.1 Å². The Bertz CT molecular complexity index is 797. The number of ether oxygens (including phenoxy) is 2. The van der Waals surface area contributed by atoms with E-state index in [1.165, 1.54) is 12.1 Å². The van der Waals surface area contributed by atoms with Gasteiger partial charge in [-0.2, -0.15) is 0 Å². The molecule has 150 valence electrons. The Hall–Kier alpha value is -2.67. The van der Waals surface area contributed by atoms with E-state index in [2.05, 4.69) is 20.2 Å². The van der Waals surface area contributed by atoms with E-state index in [0.29, 0.717) is 25.6 Å². The first-order valence-corrected chi connectivity index (χ1v) is 9.53. The van der Waals surface area contributed by atoms with Crippen LogP contribution in [0.4, 0.5) is 4.39 Å². The molecule has 2 heterocycles. The fourth-order valence-corrected chi connectivity index (χ4v) is 3.29. The summed E-state index contributed by atoms with van der Waals surface area (Å²) in [5, 5.41) is 3.40. The maximum absolute atomic E-state index is 13.2. The Morgan fingerprint density at radius 1 is 1.32 bits per heavy atom. The van der Waals surface area contributed by atoms with E-state index in [9.17, 15) is 4.39 Å². The molecule has 1 saturated heterocycles. The summed E-state index contributed by atoms with van der Waals surface area (Å²) in [6.07, 6.45) is 1.65. The molecule has 0 bridgehead atoms. The van der Waals surface area contributed by atoms with Crippen molar-refractivity contribution < 1.29 is 13.9 Å². The average Bonchev–Trinajstić information content (AvgIpc) is 2.69. The van der Waals surface area contributed by atoms with E-state index in [1.54, 1.807) is 25.4 Å². The van der Waals surface area contributed by atoms with Crippen molar-refractivity contribution in [3.8, 4) is 5.88 Å². The summed E-state index contributed by atoms with van der Waals surface area (Å²) in [6, 6.07) is 10.4. The zero-order chi connectivity index (χ0) is 19.9. The van der Waals surface area contributed by atoms with Crippen molar-refractivity contribution in [2.45, 2.75) is 32.6 Å². The summed E-state index contributed by atoms with van der Waals surface area (Å²) in [7, 11) is 1.77. The fourth-order valence-electron chi connectivity index (χ4n) is 3.29. The third-order valence-electron chi connectivity index (χ3n) is 4.56. The first-order chi connectivity index (χ1) is 13.6. The van der Waals surface area contributed by atoms with Crippen LogP contribution >= 0.6 is 0 Å². The highest BCUT2D eigenvalue weighted by Crippen LogP contribution is 2.25. The van der Waals surface area contributed by atoms with Gasteiger partial charge in [0.15, 0.2) is 5.96 Å². The predicted octanol–water partition coefficient (Wildman–Crippen LogP) is 3.16. The second-order valence-corrected chi connectivity index (χ2v) is 6.73. The molecule has 2 unspecified atom stereocenters. The van der Waals surface area contributed by atoms with Gasteiger partial charge in [0.05, 0.1) is 19.3 Å². The third-order valence-corrected chi connectivity index (χ3v) is 4.56. The van der Waals surface area contributed by atoms with Gasteiger partial charge in [0, 0.05) is 32.4 Å². The molecule has 0 amide bonds. The fraction of sp³-hybridized carbons (Fsp3) is 0.429. The molecule has 0 saturated carbocycles. The first kappa shape index (κ1) is 20.1. The van der Waals surface area contributed by atoms with Crippen LogP contribution in [0.2, 0.25) is 0 Å². The number of hydrogen-bond acceptors (Lipinski definition) is 4. The van der Waals surface area contributed by atoms with Gasteiger partial charge in [0.2, 0.25) is 5.88 Å². The van der Waals surface area contributed by atoms with Crippen molar-refractivity contribution in [2.75, 3.05) is 26.7 Å². The number of nitrogens with zero attached hydrogens (tertiary/aromatic N) is 3. The Labute approximate surface area is 165 Å². The molecule has 2 atom stereocenters. The van der Waals surface area contributed by atoms with Crippen LogP contribution in [-0.2, 0) is 11.3 Å². The minimum Gasteiger partial charge on any atom is -0.478 e. The van der Waals surface area contributed by atoms with E-state index in [4.69, 9.17) is 9.47 Å². The zero-order valence-corrected chi connectivity index (χ0v) is 16.6. The molecular formula is C21H27FN4O2. The average molecular weight is 386 g/mol. The van der Waals surface area contributed by atoms with Crippen molar-refractivity contribution in [3.05, 3.63) is 59.5 Å². The summed E-state index contributed by atoms with van der Waals surface area (Å²) in [4.78, 5) is 10.8. The van der Waals surface area contributed by atoms with Crippen molar-refractivity contribution in [1.82, 2.24) is 15.2 Å². The van der Waals surface area contributed by atoms with Crippen LogP contribution in [0.5, 0.6) is 5.88 Å². The second kappa shape index (κ2) is 9.50. The van der Waals surface area contributed by atoms with Crippen molar-refractivity contribution >= 4 is 5.96 Å². The van der Waals surface area contributed by atoms with E-state index < -0.39 is 0 Å². The standard InChI is InChI=1S/C21H27FN4O2/c1-4-27-20-11-16(9-10-24-20)12-25-21(23-3)26-13-15(2)28-19(14-26)17-5-7-18(22)8-6-17/h5-11,15,19H,4,12-14H2,1-3H3,(H,23,25). The van der Waals surface area contributed by atoms with Gasteiger partial charge in [0.1, 0.15) is 11.9 Å². The number of morpholine rings is 1. The smallest absolute Gasteiger partial charge is 0.213 e. The van der Waals surface area contributed by atoms with Crippen molar-refractivity contribution in [1.29, 1.82) is 0 Å². The highest BCUT2D eigenvalue weighted by molar-refractivity contribution is 5.80. The van der Waals surface area contributed by atoms with Gasteiger partial charge in [-0.15, -0.1) is 0 Å². The molecule has 1 N–H and O–H groups in total. The molecule has 1 aliphatic rings. The van der Waals surface area contributed by atoms with Crippen molar-refractivity contribution in [2.24, 2.45) is 4.99 Å². The molecule has 6 nitrogen and oxygen atoms in total. The summed E-state index contributed by atoms with van der Waals surface area (Å²) in [6.45, 7) is 6.55. The number of pyridine rings is 1. The van der Waals surface area contributed by atoms with Crippen LogP contribution in [0, 0.1) is 5.82 Å². The van der Waals surface area contributed by atoms with E-state index in [1.807, 2.05) is 26.0 Å². The predicted molar refractivity (Wildman–Crippen MR) is 107 cm³/mol. The molecular weight excluding hydrogens is 359 g/mol. The topological polar surface area (TPSA) is 59.0 Å². The number of nitrogens with one attached hydrogen (secondary N) is 1. The summed E-state index contributed by atoms with van der Waals surface area (Å²) >= 11 is 0. The van der Waals surface area contributed by atoms with Crippen LogP contribution in [0.25, 0.3) is 0 Å². The molecule has 1 aromatic heterocycles. The molecule has 0 spiro atoms.